The van der Waals surface area contributed by atoms with E-state index in [2.05, 4.69) is 10.3 Å². The van der Waals surface area contributed by atoms with E-state index in [-0.39, 0.29) is 11.0 Å². The maximum atomic E-state index is 10.9. The number of anilines is 1. The summed E-state index contributed by atoms with van der Waals surface area (Å²) in [6.07, 6.45) is 1.59. The molecule has 20 heavy (non-hydrogen) atoms. The van der Waals surface area contributed by atoms with Gasteiger partial charge in [0.05, 0.1) is 12.1 Å². The Balaban J connectivity index is 2.23. The van der Waals surface area contributed by atoms with Gasteiger partial charge in [-0.05, 0) is 12.1 Å². The summed E-state index contributed by atoms with van der Waals surface area (Å²) in [5, 5.41) is 30.4. The van der Waals surface area contributed by atoms with Crippen molar-refractivity contribution in [1.82, 2.24) is 4.98 Å². The van der Waals surface area contributed by atoms with Crippen molar-refractivity contribution in [3.05, 3.63) is 39.3 Å². The van der Waals surface area contributed by atoms with Gasteiger partial charge in [0, 0.05) is 22.2 Å². The van der Waals surface area contributed by atoms with Gasteiger partial charge in [0.2, 0.25) is 0 Å². The number of thiazole rings is 1. The van der Waals surface area contributed by atoms with Crippen LogP contribution in [-0.4, -0.2) is 33.2 Å². The lowest BCUT2D eigenvalue weighted by molar-refractivity contribution is 0.0697. The summed E-state index contributed by atoms with van der Waals surface area (Å²) in [6.45, 7) is 0.354. The molecule has 0 aliphatic heterocycles. The van der Waals surface area contributed by atoms with E-state index < -0.39 is 13.1 Å². The number of halogens is 1. The van der Waals surface area contributed by atoms with Gasteiger partial charge in [0.15, 0.2) is 4.47 Å². The molecule has 0 aliphatic rings. The zero-order chi connectivity index (χ0) is 14.7. The highest BCUT2D eigenvalue weighted by atomic mass is 35.5. The second-order valence-electron chi connectivity index (χ2n) is 3.91. The Kier molecular flexibility index (Phi) is 4.61. The minimum Gasteiger partial charge on any atom is -0.478 e. The molecule has 0 radical (unpaired) electrons. The Morgan fingerprint density at radius 2 is 2.20 bits per heavy atom. The summed E-state index contributed by atoms with van der Waals surface area (Å²) in [5.74, 6) is -1.09. The molecule has 2 rings (SSSR count). The summed E-state index contributed by atoms with van der Waals surface area (Å²) < 4.78 is 0.406. The number of carboxylic acids is 1. The number of nitrogens with zero attached hydrogens (tertiary/aromatic N) is 1. The third kappa shape index (κ3) is 3.48. The number of benzene rings is 1. The van der Waals surface area contributed by atoms with Crippen LogP contribution in [0.1, 0.15) is 15.2 Å². The first-order chi connectivity index (χ1) is 9.47. The maximum absolute atomic E-state index is 10.9. The molecular formula is C11H10BClN2O4S. The Bertz CT molecular complexity index is 635. The molecule has 1 heterocycles. The first-order valence-electron chi connectivity index (χ1n) is 5.55. The molecule has 1 aromatic heterocycles. The lowest BCUT2D eigenvalue weighted by Crippen LogP contribution is -2.32. The molecule has 2 aromatic rings. The largest absolute Gasteiger partial charge is 0.490 e. The molecule has 0 saturated carbocycles. The van der Waals surface area contributed by atoms with Crippen LogP contribution in [0.4, 0.5) is 5.69 Å². The smallest absolute Gasteiger partial charge is 0.478 e. The zero-order valence-corrected chi connectivity index (χ0v) is 11.6. The highest BCUT2D eigenvalue weighted by Crippen LogP contribution is 2.19. The van der Waals surface area contributed by atoms with E-state index in [1.54, 1.807) is 6.20 Å². The number of carboxylic acid groups (broad SMARTS) is 1. The van der Waals surface area contributed by atoms with Crippen molar-refractivity contribution in [2.45, 2.75) is 6.54 Å². The first-order valence-corrected chi connectivity index (χ1v) is 6.74. The molecule has 4 N–H and O–H groups in total. The molecule has 0 spiro atoms. The molecule has 1 aromatic carbocycles. The number of aromatic nitrogens is 1. The van der Waals surface area contributed by atoms with Crippen molar-refractivity contribution in [1.29, 1.82) is 0 Å². The van der Waals surface area contributed by atoms with Crippen molar-refractivity contribution in [3.8, 4) is 0 Å². The third-order valence-electron chi connectivity index (χ3n) is 2.56. The van der Waals surface area contributed by atoms with Crippen molar-refractivity contribution in [2.75, 3.05) is 5.32 Å². The number of rotatable bonds is 5. The van der Waals surface area contributed by atoms with Crippen LogP contribution in [0.3, 0.4) is 0 Å². The number of hydrogen-bond donors (Lipinski definition) is 4. The van der Waals surface area contributed by atoms with Gasteiger partial charge >= 0.3 is 13.1 Å². The molecule has 0 saturated heterocycles. The Hall–Kier alpha value is -1.61. The van der Waals surface area contributed by atoms with E-state index in [4.69, 9.17) is 16.7 Å². The summed E-state index contributed by atoms with van der Waals surface area (Å²) in [7, 11) is -1.69. The summed E-state index contributed by atoms with van der Waals surface area (Å²) >= 11 is 6.99. The average molecular weight is 313 g/mol. The molecular weight excluding hydrogens is 302 g/mol. The fraction of sp³-hybridized carbons (Fsp3) is 0.0909. The molecule has 9 heteroatoms. The van der Waals surface area contributed by atoms with Gasteiger partial charge in [-0.25, -0.2) is 9.78 Å². The van der Waals surface area contributed by atoms with Crippen LogP contribution in [0.25, 0.3) is 0 Å². The molecule has 0 amide bonds. The van der Waals surface area contributed by atoms with Crippen molar-refractivity contribution in [3.63, 3.8) is 0 Å². The standard InChI is InChI=1S/C11H10BClN2O4S/c13-11-15-5-7(20-11)4-14-9-3-6(10(16)17)1-2-8(9)12(18)19/h1-3,5,14,18-19H,4H2,(H,16,17). The highest BCUT2D eigenvalue weighted by molar-refractivity contribution is 7.15. The predicted octanol–water partition coefficient (Wildman–Crippen LogP) is 0.787. The second kappa shape index (κ2) is 6.23. The topological polar surface area (TPSA) is 103 Å². The van der Waals surface area contributed by atoms with Gasteiger partial charge in [-0.3, -0.25) is 0 Å². The monoisotopic (exact) mass is 312 g/mol. The molecule has 0 aliphatic carbocycles. The summed E-state index contributed by atoms with van der Waals surface area (Å²) in [4.78, 5) is 15.7. The SMILES string of the molecule is O=C(O)c1ccc(B(O)O)c(NCc2cnc(Cl)s2)c1. The van der Waals surface area contributed by atoms with Crippen LogP contribution < -0.4 is 10.8 Å². The zero-order valence-electron chi connectivity index (χ0n) is 10.1. The summed E-state index contributed by atoms with van der Waals surface area (Å²) in [5.41, 5.74) is 0.592. The third-order valence-corrected chi connectivity index (χ3v) is 3.67. The van der Waals surface area contributed by atoms with Gasteiger partial charge in [-0.1, -0.05) is 17.7 Å². The van der Waals surface area contributed by atoms with Crippen LogP contribution in [0.5, 0.6) is 0 Å². The fourth-order valence-corrected chi connectivity index (χ4v) is 2.53. The van der Waals surface area contributed by atoms with Crippen molar-refractivity contribution < 1.29 is 19.9 Å². The number of carbonyl (C=O) groups is 1. The Labute approximate surface area is 123 Å². The molecule has 0 bridgehead atoms. The number of hydrogen-bond acceptors (Lipinski definition) is 6. The molecule has 6 nitrogen and oxygen atoms in total. The predicted molar refractivity (Wildman–Crippen MR) is 77.7 cm³/mol. The summed E-state index contributed by atoms with van der Waals surface area (Å²) in [6, 6.07) is 4.02. The van der Waals surface area contributed by atoms with Crippen molar-refractivity contribution >= 4 is 47.2 Å². The van der Waals surface area contributed by atoms with E-state index in [1.165, 1.54) is 29.5 Å². The molecule has 0 unspecified atom stereocenters. The Morgan fingerprint density at radius 3 is 2.75 bits per heavy atom. The van der Waals surface area contributed by atoms with Crippen LogP contribution in [0.2, 0.25) is 4.47 Å². The minimum atomic E-state index is -1.69. The van der Waals surface area contributed by atoms with Crippen LogP contribution in [0.15, 0.2) is 24.4 Å². The van der Waals surface area contributed by atoms with E-state index in [9.17, 15) is 14.8 Å². The van der Waals surface area contributed by atoms with Gasteiger partial charge in [-0.15, -0.1) is 11.3 Å². The van der Waals surface area contributed by atoms with E-state index in [0.717, 1.165) is 4.88 Å². The van der Waals surface area contributed by atoms with Gasteiger partial charge in [-0.2, -0.15) is 0 Å². The van der Waals surface area contributed by atoms with Crippen LogP contribution in [0, 0.1) is 0 Å². The van der Waals surface area contributed by atoms with Gasteiger partial charge < -0.3 is 20.5 Å². The molecule has 0 fully saturated rings. The Morgan fingerprint density at radius 1 is 1.45 bits per heavy atom. The normalized spacial score (nSPS) is 10.3. The van der Waals surface area contributed by atoms with Crippen molar-refractivity contribution in [2.24, 2.45) is 0 Å². The molecule has 104 valence electrons. The average Bonchev–Trinajstić information content (AvgIpc) is 2.81. The fourth-order valence-electron chi connectivity index (χ4n) is 1.62. The molecule has 0 atom stereocenters. The van der Waals surface area contributed by atoms with E-state index >= 15 is 0 Å². The lowest BCUT2D eigenvalue weighted by Gasteiger charge is -2.11. The van der Waals surface area contributed by atoms with Gasteiger partial charge in [0.25, 0.3) is 0 Å². The maximum Gasteiger partial charge on any atom is 0.490 e. The lowest BCUT2D eigenvalue weighted by atomic mass is 9.78. The number of aromatic carboxylic acids is 1. The highest BCUT2D eigenvalue weighted by Gasteiger charge is 2.18. The van der Waals surface area contributed by atoms with Crippen LogP contribution in [-0.2, 0) is 6.54 Å². The minimum absolute atomic E-state index is 0.0548. The van der Waals surface area contributed by atoms with Gasteiger partial charge in [0.1, 0.15) is 0 Å². The van der Waals surface area contributed by atoms with E-state index in [1.807, 2.05) is 0 Å². The quantitative estimate of drug-likeness (QED) is 0.609. The second-order valence-corrected chi connectivity index (χ2v) is 5.61. The number of nitrogens with one attached hydrogen (secondary N) is 1. The van der Waals surface area contributed by atoms with E-state index in [0.29, 0.717) is 16.7 Å². The first kappa shape index (κ1) is 14.8. The van der Waals surface area contributed by atoms with Crippen LogP contribution >= 0.6 is 22.9 Å².